The molecule has 4 heterocycles. The van der Waals surface area contributed by atoms with Crippen LogP contribution < -0.4 is 9.64 Å². The second kappa shape index (κ2) is 7.97. The van der Waals surface area contributed by atoms with Crippen molar-refractivity contribution in [1.82, 2.24) is 29.3 Å². The standard InChI is InChI=1S/C26H29N7O/c1-16-13-31(2)25(29-16)18-7-9-19(10-8-18)33-12-11-21-20(14-33)24(30-32(21)3)22-23(17-5-6-17)27-15-28-26(22)34-4/h7-10,13,15,17H,5-6,11-12,14H2,1-4H3. The van der Waals surface area contributed by atoms with Gasteiger partial charge in [0.05, 0.1) is 24.1 Å². The van der Waals surface area contributed by atoms with Gasteiger partial charge >= 0.3 is 0 Å². The van der Waals surface area contributed by atoms with Crippen LogP contribution in [-0.4, -0.2) is 43.0 Å². The molecule has 3 aromatic heterocycles. The third kappa shape index (κ3) is 3.45. The SMILES string of the molecule is COc1ncnc(C2CC2)c1-c1nn(C)c2c1CN(c1ccc(-c3nc(C)cn3C)cc1)CC2. The normalized spacial score (nSPS) is 15.5. The number of imidazole rings is 1. The summed E-state index contributed by atoms with van der Waals surface area (Å²) in [4.78, 5) is 16.2. The monoisotopic (exact) mass is 455 g/mol. The summed E-state index contributed by atoms with van der Waals surface area (Å²) in [5.74, 6) is 2.08. The van der Waals surface area contributed by atoms with Crippen molar-refractivity contribution in [3.05, 3.63) is 59.4 Å². The molecule has 174 valence electrons. The molecule has 1 aliphatic carbocycles. The van der Waals surface area contributed by atoms with E-state index in [0.717, 1.165) is 66.4 Å². The molecule has 0 bridgehead atoms. The van der Waals surface area contributed by atoms with Crippen LogP contribution in [0.25, 0.3) is 22.6 Å². The fourth-order valence-electron chi connectivity index (χ4n) is 5.15. The van der Waals surface area contributed by atoms with Crippen molar-refractivity contribution in [2.75, 3.05) is 18.6 Å². The quantitative estimate of drug-likeness (QED) is 0.452. The van der Waals surface area contributed by atoms with E-state index in [-0.39, 0.29) is 0 Å². The maximum absolute atomic E-state index is 5.67. The average Bonchev–Trinajstić information content (AvgIpc) is 3.58. The van der Waals surface area contributed by atoms with Crippen molar-refractivity contribution >= 4 is 5.69 Å². The van der Waals surface area contributed by atoms with Crippen molar-refractivity contribution in [3.63, 3.8) is 0 Å². The zero-order valence-corrected chi connectivity index (χ0v) is 20.1. The number of aryl methyl sites for hydroxylation is 3. The number of ether oxygens (including phenoxy) is 1. The molecule has 1 saturated carbocycles. The van der Waals surface area contributed by atoms with Crippen LogP contribution in [0.2, 0.25) is 0 Å². The van der Waals surface area contributed by atoms with E-state index in [4.69, 9.17) is 9.84 Å². The Labute approximate surface area is 199 Å². The molecular formula is C26H29N7O. The fourth-order valence-corrected chi connectivity index (χ4v) is 5.15. The molecule has 6 rings (SSSR count). The first kappa shape index (κ1) is 20.9. The molecule has 8 heteroatoms. The van der Waals surface area contributed by atoms with Crippen molar-refractivity contribution in [1.29, 1.82) is 0 Å². The minimum atomic E-state index is 0.478. The maximum Gasteiger partial charge on any atom is 0.226 e. The molecule has 4 aromatic rings. The number of methoxy groups -OCH3 is 1. The van der Waals surface area contributed by atoms with Gasteiger partial charge in [-0.15, -0.1) is 0 Å². The predicted octanol–water partition coefficient (Wildman–Crippen LogP) is 4.03. The third-order valence-electron chi connectivity index (χ3n) is 6.97. The maximum atomic E-state index is 5.67. The number of benzene rings is 1. The molecule has 1 fully saturated rings. The van der Waals surface area contributed by atoms with E-state index in [1.54, 1.807) is 13.4 Å². The Morgan fingerprint density at radius 3 is 2.53 bits per heavy atom. The minimum Gasteiger partial charge on any atom is -0.480 e. The number of anilines is 1. The van der Waals surface area contributed by atoms with Crippen LogP contribution in [-0.2, 0) is 27.1 Å². The molecule has 0 spiro atoms. The van der Waals surface area contributed by atoms with E-state index < -0.39 is 0 Å². The van der Waals surface area contributed by atoms with Gasteiger partial charge in [0.1, 0.15) is 17.8 Å². The summed E-state index contributed by atoms with van der Waals surface area (Å²) in [6.07, 6.45) is 6.93. The highest BCUT2D eigenvalue weighted by Crippen LogP contribution is 2.46. The van der Waals surface area contributed by atoms with Crippen LogP contribution in [0.5, 0.6) is 5.88 Å². The van der Waals surface area contributed by atoms with Gasteiger partial charge in [0, 0.05) is 68.2 Å². The highest BCUT2D eigenvalue weighted by Gasteiger charge is 2.34. The molecule has 2 aliphatic rings. The van der Waals surface area contributed by atoms with Gasteiger partial charge in [-0.1, -0.05) is 0 Å². The fraction of sp³-hybridized carbons (Fsp3) is 0.385. The predicted molar refractivity (Wildman–Crippen MR) is 131 cm³/mol. The number of hydrogen-bond acceptors (Lipinski definition) is 6. The number of rotatable bonds is 5. The zero-order chi connectivity index (χ0) is 23.4. The topological polar surface area (TPSA) is 73.9 Å². The molecule has 0 unspecified atom stereocenters. The van der Waals surface area contributed by atoms with Gasteiger partial charge in [-0.25, -0.2) is 15.0 Å². The molecular weight excluding hydrogens is 426 g/mol. The van der Waals surface area contributed by atoms with Crippen LogP contribution >= 0.6 is 0 Å². The summed E-state index contributed by atoms with van der Waals surface area (Å²) in [7, 11) is 5.75. The first-order valence-electron chi connectivity index (χ1n) is 11.8. The van der Waals surface area contributed by atoms with Gasteiger partial charge in [0.2, 0.25) is 5.88 Å². The van der Waals surface area contributed by atoms with Crippen molar-refractivity contribution < 1.29 is 4.74 Å². The Hall–Kier alpha value is -3.68. The summed E-state index contributed by atoms with van der Waals surface area (Å²) in [6, 6.07) is 8.72. The van der Waals surface area contributed by atoms with Gasteiger partial charge in [-0.2, -0.15) is 5.10 Å². The van der Waals surface area contributed by atoms with Crippen LogP contribution in [0.15, 0.2) is 36.8 Å². The second-order valence-corrected chi connectivity index (χ2v) is 9.35. The van der Waals surface area contributed by atoms with Crippen LogP contribution in [0, 0.1) is 6.92 Å². The van der Waals surface area contributed by atoms with E-state index in [9.17, 15) is 0 Å². The van der Waals surface area contributed by atoms with Gasteiger partial charge in [-0.05, 0) is 44.0 Å². The smallest absolute Gasteiger partial charge is 0.226 e. The van der Waals surface area contributed by atoms with E-state index in [1.807, 2.05) is 25.7 Å². The lowest BCUT2D eigenvalue weighted by molar-refractivity contribution is 0.397. The van der Waals surface area contributed by atoms with Crippen molar-refractivity contribution in [2.45, 2.75) is 38.6 Å². The molecule has 8 nitrogen and oxygen atoms in total. The molecule has 0 radical (unpaired) electrons. The molecule has 0 amide bonds. The summed E-state index contributed by atoms with van der Waals surface area (Å²) < 4.78 is 9.78. The van der Waals surface area contributed by atoms with Gasteiger partial charge in [-0.3, -0.25) is 4.68 Å². The average molecular weight is 456 g/mol. The van der Waals surface area contributed by atoms with Crippen molar-refractivity contribution in [3.8, 4) is 28.5 Å². The summed E-state index contributed by atoms with van der Waals surface area (Å²) in [6.45, 7) is 3.77. The Morgan fingerprint density at radius 2 is 1.85 bits per heavy atom. The van der Waals surface area contributed by atoms with E-state index in [2.05, 4.69) is 54.9 Å². The summed E-state index contributed by atoms with van der Waals surface area (Å²) >= 11 is 0. The molecule has 34 heavy (non-hydrogen) atoms. The van der Waals surface area contributed by atoms with E-state index >= 15 is 0 Å². The second-order valence-electron chi connectivity index (χ2n) is 9.35. The summed E-state index contributed by atoms with van der Waals surface area (Å²) in [5, 5.41) is 4.95. The van der Waals surface area contributed by atoms with Gasteiger partial charge in [0.15, 0.2) is 0 Å². The lowest BCUT2D eigenvalue weighted by Crippen LogP contribution is -2.31. The summed E-state index contributed by atoms with van der Waals surface area (Å²) in [5.41, 5.74) is 8.87. The third-order valence-corrected chi connectivity index (χ3v) is 6.97. The Bertz CT molecular complexity index is 1360. The van der Waals surface area contributed by atoms with E-state index in [0.29, 0.717) is 11.8 Å². The lowest BCUT2D eigenvalue weighted by Gasteiger charge is -2.30. The Balaban J connectivity index is 1.35. The van der Waals surface area contributed by atoms with Crippen LogP contribution in [0.4, 0.5) is 5.69 Å². The molecule has 0 atom stereocenters. The number of nitrogens with zero attached hydrogens (tertiary/aromatic N) is 7. The Kier molecular flexibility index (Phi) is 4.90. The molecule has 1 aromatic carbocycles. The minimum absolute atomic E-state index is 0.478. The Morgan fingerprint density at radius 1 is 1.06 bits per heavy atom. The first-order chi connectivity index (χ1) is 16.5. The van der Waals surface area contributed by atoms with Crippen LogP contribution in [0.3, 0.4) is 0 Å². The first-order valence-corrected chi connectivity index (χ1v) is 11.8. The molecule has 0 N–H and O–H groups in total. The lowest BCUT2D eigenvalue weighted by atomic mass is 9.98. The van der Waals surface area contributed by atoms with Gasteiger partial charge in [0.25, 0.3) is 0 Å². The van der Waals surface area contributed by atoms with Gasteiger partial charge < -0.3 is 14.2 Å². The van der Waals surface area contributed by atoms with Crippen molar-refractivity contribution in [2.24, 2.45) is 14.1 Å². The van der Waals surface area contributed by atoms with E-state index in [1.165, 1.54) is 16.9 Å². The van der Waals surface area contributed by atoms with Crippen LogP contribution in [0.1, 0.15) is 41.4 Å². The largest absolute Gasteiger partial charge is 0.480 e. The molecule has 0 saturated heterocycles. The molecule has 1 aliphatic heterocycles. The number of hydrogen-bond donors (Lipinski definition) is 0. The highest BCUT2D eigenvalue weighted by atomic mass is 16.5. The zero-order valence-electron chi connectivity index (χ0n) is 20.1. The number of fused-ring (bicyclic) bond motifs is 1. The number of aromatic nitrogens is 6. The highest BCUT2D eigenvalue weighted by molar-refractivity contribution is 5.73.